The Balaban J connectivity index is 0.00000261. The van der Waals surface area contributed by atoms with Crippen LogP contribution in [0.1, 0.15) is 77.6 Å². The highest BCUT2D eigenvalue weighted by Crippen LogP contribution is 2.26. The summed E-state index contributed by atoms with van der Waals surface area (Å²) in [5.74, 6) is 2.67. The van der Waals surface area contributed by atoms with Crippen molar-refractivity contribution in [1.29, 1.82) is 0 Å². The van der Waals surface area contributed by atoms with Gasteiger partial charge in [0.1, 0.15) is 0 Å². The fourth-order valence-corrected chi connectivity index (χ4v) is 6.57. The minimum Gasteiger partial charge on any atom is -0.354 e. The van der Waals surface area contributed by atoms with E-state index in [0.717, 1.165) is 18.3 Å². The molecular weight excluding hydrogens is 473 g/mol. The molecule has 3 fully saturated rings. The van der Waals surface area contributed by atoms with E-state index in [1.165, 1.54) is 64.2 Å². The average molecular weight is 512 g/mol. The van der Waals surface area contributed by atoms with Gasteiger partial charge in [0.2, 0.25) is 0 Å². The van der Waals surface area contributed by atoms with Gasteiger partial charge in [0, 0.05) is 18.6 Å². The third kappa shape index (κ3) is 7.71. The Hall–Kier alpha value is -0.0500. The zero-order valence-electron chi connectivity index (χ0n) is 16.8. The Labute approximate surface area is 182 Å². The second-order valence-electron chi connectivity index (χ2n) is 8.71. The Morgan fingerprint density at radius 1 is 0.889 bits per heavy atom. The largest absolute Gasteiger partial charge is 0.354 e. The average Bonchev–Trinajstić information content (AvgIpc) is 3.00. The molecule has 3 rings (SSSR count). The van der Waals surface area contributed by atoms with Crippen LogP contribution < -0.4 is 10.6 Å². The van der Waals surface area contributed by atoms with E-state index in [1.54, 1.807) is 0 Å². The number of halogens is 1. The summed E-state index contributed by atoms with van der Waals surface area (Å²) in [7, 11) is -2.82. The van der Waals surface area contributed by atoms with Crippen LogP contribution in [0.25, 0.3) is 0 Å². The molecule has 1 saturated heterocycles. The fraction of sp³-hybridized carbons (Fsp3) is 0.950. The summed E-state index contributed by atoms with van der Waals surface area (Å²) in [4.78, 5) is 4.83. The summed E-state index contributed by atoms with van der Waals surface area (Å²) < 4.78 is 23.4. The molecule has 2 saturated carbocycles. The van der Waals surface area contributed by atoms with E-state index in [1.807, 2.05) is 0 Å². The predicted octanol–water partition coefficient (Wildman–Crippen LogP) is 3.88. The van der Waals surface area contributed by atoms with Crippen LogP contribution in [0.3, 0.4) is 0 Å². The SMILES string of the molecule is CCC1CCC(NC(=NCC2CCS(=O)(=O)C2)NC2CCCCC2)CC1.I. The van der Waals surface area contributed by atoms with Crippen LogP contribution >= 0.6 is 24.0 Å². The Morgan fingerprint density at radius 3 is 2.07 bits per heavy atom. The van der Waals surface area contributed by atoms with Crippen LogP contribution in [0.15, 0.2) is 4.99 Å². The summed E-state index contributed by atoms with van der Waals surface area (Å²) in [6.45, 7) is 2.93. The van der Waals surface area contributed by atoms with Gasteiger partial charge in [0.25, 0.3) is 0 Å². The molecule has 0 bridgehead atoms. The maximum atomic E-state index is 11.7. The molecule has 2 N–H and O–H groups in total. The molecule has 1 unspecified atom stereocenters. The summed E-state index contributed by atoms with van der Waals surface area (Å²) in [5.41, 5.74) is 0. The van der Waals surface area contributed by atoms with Crippen molar-refractivity contribution < 1.29 is 8.42 Å². The molecule has 0 aromatic heterocycles. The molecular formula is C20H38IN3O2S. The van der Waals surface area contributed by atoms with Gasteiger partial charge in [-0.3, -0.25) is 4.99 Å². The highest BCUT2D eigenvalue weighted by molar-refractivity contribution is 14.0. The van der Waals surface area contributed by atoms with Crippen LogP contribution in [0.5, 0.6) is 0 Å². The molecule has 158 valence electrons. The molecule has 7 heteroatoms. The summed E-state index contributed by atoms with van der Waals surface area (Å²) in [6.07, 6.45) is 13.5. The third-order valence-electron chi connectivity index (χ3n) is 6.55. The lowest BCUT2D eigenvalue weighted by molar-refractivity contribution is 0.302. The van der Waals surface area contributed by atoms with E-state index in [9.17, 15) is 8.42 Å². The number of hydrogen-bond acceptors (Lipinski definition) is 3. The van der Waals surface area contributed by atoms with E-state index in [2.05, 4.69) is 17.6 Å². The topological polar surface area (TPSA) is 70.6 Å². The van der Waals surface area contributed by atoms with Gasteiger partial charge in [0.05, 0.1) is 11.5 Å². The van der Waals surface area contributed by atoms with Gasteiger partial charge in [-0.15, -0.1) is 24.0 Å². The van der Waals surface area contributed by atoms with Crippen LogP contribution in [0.2, 0.25) is 0 Å². The van der Waals surface area contributed by atoms with Gasteiger partial charge < -0.3 is 10.6 Å². The fourth-order valence-electron chi connectivity index (χ4n) is 4.72. The minimum atomic E-state index is -2.82. The first-order valence-electron chi connectivity index (χ1n) is 10.8. The lowest BCUT2D eigenvalue weighted by Gasteiger charge is -2.31. The molecule has 1 aliphatic heterocycles. The van der Waals surface area contributed by atoms with Crippen LogP contribution in [0.4, 0.5) is 0 Å². The zero-order chi connectivity index (χ0) is 18.4. The van der Waals surface area contributed by atoms with Crippen LogP contribution in [-0.4, -0.2) is 44.5 Å². The Morgan fingerprint density at radius 2 is 1.52 bits per heavy atom. The lowest BCUT2D eigenvalue weighted by atomic mass is 9.84. The second kappa shape index (κ2) is 11.2. The molecule has 1 heterocycles. The van der Waals surface area contributed by atoms with Crippen molar-refractivity contribution in [1.82, 2.24) is 10.6 Å². The van der Waals surface area contributed by atoms with Gasteiger partial charge >= 0.3 is 0 Å². The molecule has 1 atom stereocenters. The van der Waals surface area contributed by atoms with E-state index in [-0.39, 0.29) is 29.9 Å². The van der Waals surface area contributed by atoms with Crippen LogP contribution in [-0.2, 0) is 9.84 Å². The predicted molar refractivity (Wildman–Crippen MR) is 124 cm³/mol. The van der Waals surface area contributed by atoms with Gasteiger partial charge in [-0.1, -0.05) is 32.6 Å². The highest BCUT2D eigenvalue weighted by atomic mass is 127. The maximum Gasteiger partial charge on any atom is 0.191 e. The molecule has 0 amide bonds. The van der Waals surface area contributed by atoms with Gasteiger partial charge in [-0.05, 0) is 56.8 Å². The first kappa shape index (κ1) is 23.2. The normalized spacial score (nSPS) is 31.9. The van der Waals surface area contributed by atoms with E-state index in [0.29, 0.717) is 30.1 Å². The molecule has 27 heavy (non-hydrogen) atoms. The van der Waals surface area contributed by atoms with E-state index >= 15 is 0 Å². The summed E-state index contributed by atoms with van der Waals surface area (Å²) in [6, 6.07) is 1.04. The molecule has 3 aliphatic rings. The first-order valence-corrected chi connectivity index (χ1v) is 12.6. The Kier molecular flexibility index (Phi) is 9.65. The highest BCUT2D eigenvalue weighted by Gasteiger charge is 2.28. The lowest BCUT2D eigenvalue weighted by Crippen LogP contribution is -2.49. The molecule has 0 radical (unpaired) electrons. The molecule has 5 nitrogen and oxygen atoms in total. The van der Waals surface area contributed by atoms with Gasteiger partial charge in [-0.2, -0.15) is 0 Å². The minimum absolute atomic E-state index is 0. The maximum absolute atomic E-state index is 11.7. The number of sulfone groups is 1. The van der Waals surface area contributed by atoms with Crippen molar-refractivity contribution >= 4 is 39.8 Å². The number of nitrogens with zero attached hydrogens (tertiary/aromatic N) is 1. The number of nitrogens with one attached hydrogen (secondary N) is 2. The monoisotopic (exact) mass is 511 g/mol. The van der Waals surface area contributed by atoms with Gasteiger partial charge in [-0.25, -0.2) is 8.42 Å². The second-order valence-corrected chi connectivity index (χ2v) is 10.9. The number of aliphatic imine (C=N–C) groups is 1. The zero-order valence-corrected chi connectivity index (χ0v) is 19.9. The van der Waals surface area contributed by atoms with E-state index < -0.39 is 9.84 Å². The number of hydrogen-bond donors (Lipinski definition) is 2. The van der Waals surface area contributed by atoms with Crippen molar-refractivity contribution in [3.63, 3.8) is 0 Å². The quantitative estimate of drug-likeness (QED) is 0.334. The number of guanidine groups is 1. The van der Waals surface area contributed by atoms with Crippen molar-refractivity contribution in [2.24, 2.45) is 16.8 Å². The Bertz CT molecular complexity index is 568. The molecule has 2 aliphatic carbocycles. The van der Waals surface area contributed by atoms with Crippen molar-refractivity contribution in [3.05, 3.63) is 0 Å². The molecule has 0 spiro atoms. The van der Waals surface area contributed by atoms with Crippen molar-refractivity contribution in [2.75, 3.05) is 18.1 Å². The third-order valence-corrected chi connectivity index (χ3v) is 8.38. The molecule has 0 aromatic carbocycles. The summed E-state index contributed by atoms with van der Waals surface area (Å²) in [5, 5.41) is 7.34. The van der Waals surface area contributed by atoms with Crippen molar-refractivity contribution in [3.8, 4) is 0 Å². The number of rotatable bonds is 5. The van der Waals surface area contributed by atoms with Crippen molar-refractivity contribution in [2.45, 2.75) is 89.6 Å². The van der Waals surface area contributed by atoms with Gasteiger partial charge in [0.15, 0.2) is 15.8 Å². The molecule has 0 aromatic rings. The van der Waals surface area contributed by atoms with E-state index in [4.69, 9.17) is 4.99 Å². The first-order chi connectivity index (χ1) is 12.5. The summed E-state index contributed by atoms with van der Waals surface area (Å²) >= 11 is 0. The smallest absolute Gasteiger partial charge is 0.191 e. The van der Waals surface area contributed by atoms with Crippen LogP contribution in [0, 0.1) is 11.8 Å². The standard InChI is InChI=1S/C20H37N3O2S.HI/c1-2-16-8-10-19(11-9-16)23-20(22-18-6-4-3-5-7-18)21-14-17-12-13-26(24,25)15-17;/h16-19H,2-15H2,1H3,(H2,21,22,23);1H.